The van der Waals surface area contributed by atoms with Gasteiger partial charge >= 0.3 is 6.03 Å². The zero-order valence-electron chi connectivity index (χ0n) is 14.8. The van der Waals surface area contributed by atoms with E-state index in [1.807, 2.05) is 11.4 Å². The van der Waals surface area contributed by atoms with Gasteiger partial charge in [-0.3, -0.25) is 4.79 Å². The molecule has 0 spiro atoms. The molecule has 0 bridgehead atoms. The zero-order valence-corrected chi connectivity index (χ0v) is 15.7. The van der Waals surface area contributed by atoms with Gasteiger partial charge in [-0.25, -0.2) is 9.18 Å². The van der Waals surface area contributed by atoms with E-state index in [0.717, 1.165) is 4.88 Å². The Morgan fingerprint density at radius 3 is 2.48 bits per heavy atom. The van der Waals surface area contributed by atoms with Crippen LogP contribution in [0.25, 0.3) is 22.0 Å². The third kappa shape index (κ3) is 4.19. The number of aromatic nitrogens is 3. The lowest BCUT2D eigenvalue weighted by atomic mass is 10.1. The number of para-hydroxylation sites is 1. The van der Waals surface area contributed by atoms with E-state index in [0.29, 0.717) is 16.9 Å². The van der Waals surface area contributed by atoms with E-state index >= 15 is 0 Å². The Bertz CT molecular complexity index is 1210. The van der Waals surface area contributed by atoms with Crippen molar-refractivity contribution in [3.8, 4) is 22.0 Å². The van der Waals surface area contributed by atoms with Crippen molar-refractivity contribution in [2.75, 3.05) is 10.6 Å². The van der Waals surface area contributed by atoms with Crippen molar-refractivity contribution < 1.29 is 9.18 Å². The molecule has 0 radical (unpaired) electrons. The summed E-state index contributed by atoms with van der Waals surface area (Å²) in [4.78, 5) is 28.2. The minimum atomic E-state index is -0.519. The van der Waals surface area contributed by atoms with Gasteiger partial charge in [0.2, 0.25) is 0 Å². The second-order valence-electron chi connectivity index (χ2n) is 5.96. The van der Waals surface area contributed by atoms with Crippen LogP contribution in [0.1, 0.15) is 0 Å². The number of nitrogens with one attached hydrogen (secondary N) is 3. The second-order valence-corrected chi connectivity index (χ2v) is 6.91. The Labute approximate surface area is 168 Å². The second kappa shape index (κ2) is 8.03. The minimum absolute atomic E-state index is 0.230. The van der Waals surface area contributed by atoms with Gasteiger partial charge in [0.15, 0.2) is 11.5 Å². The smallest absolute Gasteiger partial charge is 0.308 e. The summed E-state index contributed by atoms with van der Waals surface area (Å²) in [7, 11) is 0. The molecule has 0 atom stereocenters. The number of H-pyrrole nitrogens is 1. The molecule has 4 aromatic rings. The van der Waals surface area contributed by atoms with Crippen molar-refractivity contribution in [3.63, 3.8) is 0 Å². The van der Waals surface area contributed by atoms with E-state index in [1.165, 1.54) is 35.6 Å². The molecule has 2 heterocycles. The minimum Gasteiger partial charge on any atom is -0.308 e. The summed E-state index contributed by atoms with van der Waals surface area (Å²) in [5, 5.41) is 15.3. The predicted molar refractivity (Wildman–Crippen MR) is 110 cm³/mol. The maximum atomic E-state index is 13.0. The first-order chi connectivity index (χ1) is 14.1. The van der Waals surface area contributed by atoms with Gasteiger partial charge in [-0.05, 0) is 47.8 Å². The molecule has 7 nitrogen and oxygen atoms in total. The summed E-state index contributed by atoms with van der Waals surface area (Å²) in [5.74, 6) is -0.164. The van der Waals surface area contributed by atoms with Crippen LogP contribution in [0.5, 0.6) is 0 Å². The number of carbonyl (C=O) groups is 1. The van der Waals surface area contributed by atoms with E-state index in [9.17, 15) is 14.0 Å². The first kappa shape index (κ1) is 18.5. The molecule has 0 unspecified atom stereocenters. The van der Waals surface area contributed by atoms with Crippen molar-refractivity contribution in [1.29, 1.82) is 0 Å². The van der Waals surface area contributed by atoms with Crippen molar-refractivity contribution in [2.45, 2.75) is 0 Å². The first-order valence-corrected chi connectivity index (χ1v) is 9.42. The average Bonchev–Trinajstić information content (AvgIpc) is 3.24. The summed E-state index contributed by atoms with van der Waals surface area (Å²) in [5.41, 5.74) is 1.24. The van der Waals surface area contributed by atoms with Gasteiger partial charge in [0.25, 0.3) is 5.56 Å². The van der Waals surface area contributed by atoms with Gasteiger partial charge in [-0.15, -0.1) is 21.5 Å². The molecule has 144 valence electrons. The maximum Gasteiger partial charge on any atom is 0.323 e. The van der Waals surface area contributed by atoms with Gasteiger partial charge in [-0.2, -0.15) is 0 Å². The molecule has 0 aliphatic heterocycles. The third-order valence-corrected chi connectivity index (χ3v) is 4.86. The number of anilines is 2. The molecule has 0 saturated carbocycles. The molecule has 9 heteroatoms. The maximum absolute atomic E-state index is 13.0. The normalized spacial score (nSPS) is 10.5. The van der Waals surface area contributed by atoms with Gasteiger partial charge in [0.1, 0.15) is 5.82 Å². The summed E-state index contributed by atoms with van der Waals surface area (Å²) in [6.45, 7) is 0. The number of hydrogen-bond donors (Lipinski definition) is 3. The molecular weight excluding hydrogens is 393 g/mol. The van der Waals surface area contributed by atoms with Crippen LogP contribution in [-0.2, 0) is 0 Å². The van der Waals surface area contributed by atoms with Crippen LogP contribution in [0, 0.1) is 5.82 Å². The van der Waals surface area contributed by atoms with Crippen LogP contribution in [0.15, 0.2) is 70.8 Å². The van der Waals surface area contributed by atoms with E-state index < -0.39 is 11.8 Å². The SMILES string of the molecule is O=C(Nc1ccc(F)cc1)Nc1ccccc1-c1nnc(-c2cccs2)c(=O)[nH]1. The molecule has 2 amide bonds. The number of thiophene rings is 1. The predicted octanol–water partition coefficient (Wildman–Crippen LogP) is 4.34. The lowest BCUT2D eigenvalue weighted by Gasteiger charge is -2.11. The van der Waals surface area contributed by atoms with E-state index in [-0.39, 0.29) is 17.1 Å². The number of benzene rings is 2. The summed E-state index contributed by atoms with van der Waals surface area (Å²) >= 11 is 1.39. The molecule has 0 fully saturated rings. The summed E-state index contributed by atoms with van der Waals surface area (Å²) < 4.78 is 13.0. The van der Waals surface area contributed by atoms with E-state index in [4.69, 9.17) is 0 Å². The molecule has 0 saturated heterocycles. The van der Waals surface area contributed by atoms with Crippen LogP contribution < -0.4 is 16.2 Å². The van der Waals surface area contributed by atoms with Crippen LogP contribution in [0.3, 0.4) is 0 Å². The molecule has 0 aliphatic carbocycles. The Kier molecular flexibility index (Phi) is 5.12. The largest absolute Gasteiger partial charge is 0.323 e. The fourth-order valence-corrected chi connectivity index (χ4v) is 3.36. The fraction of sp³-hybridized carbons (Fsp3) is 0. The number of amides is 2. The summed E-state index contributed by atoms with van der Waals surface area (Å²) in [6, 6.07) is 15.4. The third-order valence-electron chi connectivity index (χ3n) is 3.98. The zero-order chi connectivity index (χ0) is 20.2. The van der Waals surface area contributed by atoms with Gasteiger partial charge in [0, 0.05) is 11.3 Å². The number of nitrogens with zero attached hydrogens (tertiary/aromatic N) is 2. The number of hydrogen-bond acceptors (Lipinski definition) is 5. The molecular formula is C20H14FN5O2S. The molecule has 29 heavy (non-hydrogen) atoms. The number of carbonyl (C=O) groups excluding carboxylic acids is 1. The molecule has 2 aromatic carbocycles. The Morgan fingerprint density at radius 2 is 1.76 bits per heavy atom. The highest BCUT2D eigenvalue weighted by Gasteiger charge is 2.13. The van der Waals surface area contributed by atoms with Gasteiger partial charge in [0.05, 0.1) is 10.6 Å². The van der Waals surface area contributed by atoms with Crippen LogP contribution in [-0.4, -0.2) is 21.2 Å². The number of halogens is 1. The van der Waals surface area contributed by atoms with E-state index in [2.05, 4.69) is 25.8 Å². The Balaban J connectivity index is 1.58. The molecule has 2 aromatic heterocycles. The average molecular weight is 407 g/mol. The van der Waals surface area contributed by atoms with Crippen LogP contribution in [0.4, 0.5) is 20.6 Å². The molecule has 3 N–H and O–H groups in total. The van der Waals surface area contributed by atoms with Crippen molar-refractivity contribution in [3.05, 3.63) is 82.2 Å². The lowest BCUT2D eigenvalue weighted by Crippen LogP contribution is -2.20. The topological polar surface area (TPSA) is 99.8 Å². The summed E-state index contributed by atoms with van der Waals surface area (Å²) in [6.07, 6.45) is 0. The van der Waals surface area contributed by atoms with Crippen molar-refractivity contribution in [1.82, 2.24) is 15.2 Å². The number of rotatable bonds is 4. The van der Waals surface area contributed by atoms with Gasteiger partial charge in [-0.1, -0.05) is 18.2 Å². The molecule has 0 aliphatic rings. The lowest BCUT2D eigenvalue weighted by molar-refractivity contribution is 0.262. The standard InChI is InChI=1S/C20H14FN5O2S/c21-12-7-9-13(10-8-12)22-20(28)23-15-5-2-1-4-14(15)18-24-19(27)17(25-26-18)16-6-3-11-29-16/h1-11H,(H2,22,23,28)(H,24,26,27). The van der Waals surface area contributed by atoms with Crippen LogP contribution >= 0.6 is 11.3 Å². The molecule has 4 rings (SSSR count). The Hall–Kier alpha value is -3.85. The highest BCUT2D eigenvalue weighted by atomic mass is 32.1. The number of urea groups is 1. The monoisotopic (exact) mass is 407 g/mol. The van der Waals surface area contributed by atoms with E-state index in [1.54, 1.807) is 30.3 Å². The fourth-order valence-electron chi connectivity index (χ4n) is 2.65. The highest BCUT2D eigenvalue weighted by Crippen LogP contribution is 2.25. The first-order valence-electron chi connectivity index (χ1n) is 8.54. The highest BCUT2D eigenvalue weighted by molar-refractivity contribution is 7.13. The quantitative estimate of drug-likeness (QED) is 0.468. The van der Waals surface area contributed by atoms with Gasteiger partial charge < -0.3 is 15.6 Å². The van der Waals surface area contributed by atoms with Crippen LogP contribution in [0.2, 0.25) is 0 Å². The van der Waals surface area contributed by atoms with Crippen molar-refractivity contribution in [2.24, 2.45) is 0 Å². The number of aromatic amines is 1. The Morgan fingerprint density at radius 1 is 0.966 bits per heavy atom. The van der Waals surface area contributed by atoms with Crippen molar-refractivity contribution >= 4 is 28.7 Å².